The van der Waals surface area contributed by atoms with Gasteiger partial charge in [-0.05, 0) is 43.2 Å². The molecule has 0 amide bonds. The van der Waals surface area contributed by atoms with Gasteiger partial charge in [0, 0.05) is 23.5 Å². The van der Waals surface area contributed by atoms with Crippen molar-refractivity contribution in [2.75, 3.05) is 6.54 Å². The lowest BCUT2D eigenvalue weighted by molar-refractivity contribution is 0.446. The third-order valence-electron chi connectivity index (χ3n) is 2.88. The molecular weight excluding hydrogens is 282 g/mol. The van der Waals surface area contributed by atoms with Gasteiger partial charge < -0.3 is 15.5 Å². The van der Waals surface area contributed by atoms with Crippen molar-refractivity contribution in [1.82, 2.24) is 5.32 Å². The quantitative estimate of drug-likeness (QED) is 0.788. The molecule has 0 aliphatic heterocycles. The molecular formula is C14H16ClNO2S. The maximum absolute atomic E-state index is 9.45. The van der Waals surface area contributed by atoms with E-state index in [-0.39, 0.29) is 17.5 Å². The molecule has 1 aromatic heterocycles. The van der Waals surface area contributed by atoms with Crippen LogP contribution in [0.4, 0.5) is 0 Å². The van der Waals surface area contributed by atoms with Crippen molar-refractivity contribution in [2.45, 2.75) is 19.4 Å². The van der Waals surface area contributed by atoms with Gasteiger partial charge in [0.25, 0.3) is 0 Å². The van der Waals surface area contributed by atoms with Crippen LogP contribution in [0.25, 0.3) is 0 Å². The van der Waals surface area contributed by atoms with Crippen molar-refractivity contribution in [3.63, 3.8) is 0 Å². The van der Waals surface area contributed by atoms with Gasteiger partial charge in [0.15, 0.2) is 0 Å². The highest BCUT2D eigenvalue weighted by Gasteiger charge is 2.07. The number of hydrogen-bond acceptors (Lipinski definition) is 4. The molecule has 3 nitrogen and oxygen atoms in total. The molecule has 0 aliphatic rings. The molecule has 3 N–H and O–H groups in total. The number of benzene rings is 1. The summed E-state index contributed by atoms with van der Waals surface area (Å²) < 4.78 is 0.806. The maximum atomic E-state index is 9.45. The lowest BCUT2D eigenvalue weighted by atomic mass is 10.1. The van der Waals surface area contributed by atoms with Crippen molar-refractivity contribution < 1.29 is 10.2 Å². The number of phenols is 2. The zero-order valence-electron chi connectivity index (χ0n) is 10.6. The number of halogens is 1. The van der Waals surface area contributed by atoms with E-state index >= 15 is 0 Å². The summed E-state index contributed by atoms with van der Waals surface area (Å²) in [6.07, 6.45) is 0.909. The number of nitrogens with one attached hydrogen (secondary N) is 1. The molecule has 102 valence electrons. The van der Waals surface area contributed by atoms with Gasteiger partial charge in [-0.3, -0.25) is 0 Å². The summed E-state index contributed by atoms with van der Waals surface area (Å²) in [5, 5.41) is 22.2. The Hall–Kier alpha value is -1.23. The molecule has 2 rings (SSSR count). The van der Waals surface area contributed by atoms with Crippen molar-refractivity contribution in [3.8, 4) is 11.5 Å². The molecule has 0 bridgehead atoms. The second-order valence-corrected chi connectivity index (χ2v) is 6.21. The summed E-state index contributed by atoms with van der Waals surface area (Å²) in [5.41, 5.74) is 0.863. The molecule has 5 heteroatoms. The van der Waals surface area contributed by atoms with E-state index in [4.69, 9.17) is 11.6 Å². The topological polar surface area (TPSA) is 52.5 Å². The Morgan fingerprint density at radius 3 is 2.47 bits per heavy atom. The fourth-order valence-electron chi connectivity index (χ4n) is 1.88. The van der Waals surface area contributed by atoms with Crippen molar-refractivity contribution in [1.29, 1.82) is 0 Å². The van der Waals surface area contributed by atoms with Crippen LogP contribution in [0.3, 0.4) is 0 Å². The van der Waals surface area contributed by atoms with E-state index in [9.17, 15) is 10.2 Å². The average Bonchev–Trinajstić information content (AvgIpc) is 2.73. The highest BCUT2D eigenvalue weighted by molar-refractivity contribution is 7.16. The minimum Gasteiger partial charge on any atom is -0.508 e. The highest BCUT2D eigenvalue weighted by atomic mass is 35.5. The monoisotopic (exact) mass is 297 g/mol. The van der Waals surface area contributed by atoms with Gasteiger partial charge >= 0.3 is 0 Å². The third kappa shape index (κ3) is 4.13. The summed E-state index contributed by atoms with van der Waals surface area (Å²) >= 11 is 7.46. The minimum atomic E-state index is 0.0634. The average molecular weight is 298 g/mol. The van der Waals surface area contributed by atoms with Crippen LogP contribution in [0.1, 0.15) is 23.4 Å². The Balaban J connectivity index is 1.88. The highest BCUT2D eigenvalue weighted by Crippen LogP contribution is 2.25. The molecule has 0 radical (unpaired) electrons. The lowest BCUT2D eigenvalue weighted by Crippen LogP contribution is -2.21. The first-order valence-electron chi connectivity index (χ1n) is 6.05. The van der Waals surface area contributed by atoms with Crippen LogP contribution in [-0.2, 0) is 6.42 Å². The van der Waals surface area contributed by atoms with Gasteiger partial charge in [0.05, 0.1) is 4.34 Å². The molecule has 1 aromatic carbocycles. The van der Waals surface area contributed by atoms with Gasteiger partial charge in [-0.25, -0.2) is 0 Å². The van der Waals surface area contributed by atoms with E-state index < -0.39 is 0 Å². The molecule has 2 aromatic rings. The summed E-state index contributed by atoms with van der Waals surface area (Å²) in [6, 6.07) is 8.62. The van der Waals surface area contributed by atoms with Crippen LogP contribution < -0.4 is 5.32 Å². The maximum Gasteiger partial charge on any atom is 0.119 e. The third-order valence-corrected chi connectivity index (χ3v) is 4.17. The Morgan fingerprint density at radius 1 is 1.21 bits per heavy atom. The molecule has 0 saturated heterocycles. The van der Waals surface area contributed by atoms with Gasteiger partial charge in [-0.1, -0.05) is 11.6 Å². The number of phenolic OH excluding ortho intramolecular Hbond substituents is 2. The predicted molar refractivity (Wildman–Crippen MR) is 79.2 cm³/mol. The minimum absolute atomic E-state index is 0.0634. The van der Waals surface area contributed by atoms with Gasteiger partial charge in [0.2, 0.25) is 0 Å². The molecule has 1 heterocycles. The van der Waals surface area contributed by atoms with Crippen LogP contribution in [0.2, 0.25) is 4.34 Å². The smallest absolute Gasteiger partial charge is 0.119 e. The van der Waals surface area contributed by atoms with Crippen LogP contribution in [0, 0.1) is 0 Å². The fourth-order valence-corrected chi connectivity index (χ4v) is 2.97. The fraction of sp³-hybridized carbons (Fsp3) is 0.286. The van der Waals surface area contributed by atoms with Crippen molar-refractivity contribution in [3.05, 3.63) is 45.1 Å². The first kappa shape index (κ1) is 14.2. The molecule has 0 fully saturated rings. The Morgan fingerprint density at radius 2 is 1.89 bits per heavy atom. The molecule has 0 spiro atoms. The van der Waals surface area contributed by atoms with Crippen LogP contribution >= 0.6 is 22.9 Å². The summed E-state index contributed by atoms with van der Waals surface area (Å²) in [7, 11) is 0. The number of thiophene rings is 1. The van der Waals surface area contributed by atoms with Crippen LogP contribution in [0.5, 0.6) is 11.5 Å². The normalized spacial score (nSPS) is 12.5. The van der Waals surface area contributed by atoms with E-state index in [0.29, 0.717) is 0 Å². The van der Waals surface area contributed by atoms with Crippen molar-refractivity contribution >= 4 is 22.9 Å². The largest absolute Gasteiger partial charge is 0.508 e. The van der Waals surface area contributed by atoms with Crippen LogP contribution in [0.15, 0.2) is 30.3 Å². The predicted octanol–water partition coefficient (Wildman–Crippen LogP) is 3.71. The van der Waals surface area contributed by atoms with Gasteiger partial charge in [-0.2, -0.15) is 0 Å². The van der Waals surface area contributed by atoms with Crippen LogP contribution in [-0.4, -0.2) is 16.8 Å². The second-order valence-electron chi connectivity index (χ2n) is 4.41. The zero-order valence-corrected chi connectivity index (χ0v) is 12.1. The summed E-state index contributed by atoms with van der Waals surface area (Å²) in [6.45, 7) is 2.81. The summed E-state index contributed by atoms with van der Waals surface area (Å²) in [4.78, 5) is 1.24. The van der Waals surface area contributed by atoms with E-state index in [1.165, 1.54) is 10.9 Å². The Kier molecular flexibility index (Phi) is 4.69. The second kappa shape index (κ2) is 6.28. The van der Waals surface area contributed by atoms with E-state index in [1.54, 1.807) is 23.5 Å². The van der Waals surface area contributed by atoms with Crippen molar-refractivity contribution in [2.24, 2.45) is 0 Å². The van der Waals surface area contributed by atoms with E-state index in [2.05, 4.69) is 5.32 Å². The van der Waals surface area contributed by atoms with E-state index in [0.717, 1.165) is 22.9 Å². The SMILES string of the molecule is CC(NCCc1ccc(Cl)s1)c1cc(O)cc(O)c1. The lowest BCUT2D eigenvalue weighted by Gasteiger charge is -2.14. The Labute approximate surface area is 121 Å². The van der Waals surface area contributed by atoms with Gasteiger partial charge in [-0.15, -0.1) is 11.3 Å². The number of aromatic hydroxyl groups is 2. The molecule has 1 atom stereocenters. The Bertz CT molecular complexity index is 536. The first-order valence-corrected chi connectivity index (χ1v) is 7.24. The molecule has 0 saturated carbocycles. The first-order chi connectivity index (χ1) is 9.04. The molecule has 0 aliphatic carbocycles. The molecule has 19 heavy (non-hydrogen) atoms. The number of hydrogen-bond donors (Lipinski definition) is 3. The molecule has 1 unspecified atom stereocenters. The standard InChI is InChI=1S/C14H16ClNO2S/c1-9(10-6-11(17)8-12(18)7-10)16-5-4-13-2-3-14(15)19-13/h2-3,6-9,16-18H,4-5H2,1H3. The van der Waals surface area contributed by atoms with E-state index in [1.807, 2.05) is 19.1 Å². The summed E-state index contributed by atoms with van der Waals surface area (Å²) in [5.74, 6) is 0.155. The van der Waals surface area contributed by atoms with Gasteiger partial charge in [0.1, 0.15) is 11.5 Å². The number of rotatable bonds is 5. The zero-order chi connectivity index (χ0) is 13.8.